The predicted molar refractivity (Wildman–Crippen MR) is 121 cm³/mol. The first-order chi connectivity index (χ1) is 14.6. The van der Waals surface area contributed by atoms with Crippen molar-refractivity contribution in [2.75, 3.05) is 20.8 Å². The Labute approximate surface area is 182 Å². The number of unbranched alkanes of at least 4 members (excludes halogenated alkanes) is 3. The summed E-state index contributed by atoms with van der Waals surface area (Å²) in [5.74, 6) is -0.571. The molecule has 7 heteroatoms. The van der Waals surface area contributed by atoms with Crippen molar-refractivity contribution >= 4 is 20.9 Å². The van der Waals surface area contributed by atoms with Crippen LogP contribution in [-0.4, -0.2) is 32.6 Å². The van der Waals surface area contributed by atoms with Crippen molar-refractivity contribution in [3.05, 3.63) is 23.8 Å². The Hall–Kier alpha value is -1.81. The Balaban J connectivity index is 0.00000218. The molecule has 1 aromatic rings. The number of methoxy groups -OCH3 is 2. The lowest BCUT2D eigenvalue weighted by atomic mass is 9.76. The highest BCUT2D eigenvalue weighted by Gasteiger charge is 2.39. The summed E-state index contributed by atoms with van der Waals surface area (Å²) in [7, 11) is 3.65. The molecule has 1 aromatic carbocycles. The van der Waals surface area contributed by atoms with E-state index in [1.165, 1.54) is 14.2 Å². The van der Waals surface area contributed by atoms with E-state index in [2.05, 4.69) is 6.92 Å². The molecule has 0 radical (unpaired) electrons. The van der Waals surface area contributed by atoms with Gasteiger partial charge < -0.3 is 18.8 Å². The van der Waals surface area contributed by atoms with Gasteiger partial charge in [0.05, 0.1) is 29.9 Å². The second-order valence-electron chi connectivity index (χ2n) is 7.51. The molecule has 170 valence electrons. The molecule has 1 saturated carbocycles. The van der Waals surface area contributed by atoms with Gasteiger partial charge in [0.2, 0.25) is 0 Å². The average Bonchev–Trinajstić information content (AvgIpc) is 2.80. The molecule has 0 aromatic heterocycles. The molecule has 2 atom stereocenters. The van der Waals surface area contributed by atoms with Crippen LogP contribution in [0.3, 0.4) is 0 Å². The monoisotopic (exact) mass is 440 g/mol. The Morgan fingerprint density at radius 2 is 1.60 bits per heavy atom. The van der Waals surface area contributed by atoms with Crippen LogP contribution in [0, 0.1) is 11.8 Å². The van der Waals surface area contributed by atoms with Crippen LogP contribution < -0.4 is 9.47 Å². The minimum atomic E-state index is -0.795. The number of esters is 1. The van der Waals surface area contributed by atoms with E-state index in [-0.39, 0.29) is 11.7 Å². The largest absolute Gasteiger partial charge is 0.496 e. The van der Waals surface area contributed by atoms with Crippen molar-refractivity contribution in [1.29, 1.82) is 0 Å². The minimum absolute atomic E-state index is 0.0130. The van der Waals surface area contributed by atoms with Crippen molar-refractivity contribution < 1.29 is 28.4 Å². The highest BCUT2D eigenvalue weighted by Crippen LogP contribution is 2.37. The number of ketones is 1. The molecule has 0 heterocycles. The molecule has 6 nitrogen and oxygen atoms in total. The Morgan fingerprint density at radius 1 is 1.00 bits per heavy atom. The summed E-state index contributed by atoms with van der Waals surface area (Å²) in [5.41, 5.74) is 0.339. The summed E-state index contributed by atoms with van der Waals surface area (Å²) < 4.78 is 24.6. The van der Waals surface area contributed by atoms with E-state index in [1.54, 1.807) is 18.2 Å². The van der Waals surface area contributed by atoms with E-state index < -0.39 is 11.9 Å². The van der Waals surface area contributed by atoms with Crippen LogP contribution in [0.25, 0.3) is 0 Å². The molecule has 2 unspecified atom stereocenters. The number of benzene rings is 1. The molecule has 0 bridgehead atoms. The van der Waals surface area contributed by atoms with Crippen molar-refractivity contribution in [2.24, 2.45) is 11.8 Å². The smallest absolute Gasteiger partial charge is 0.317 e. The zero-order valence-electron chi connectivity index (χ0n) is 18.6. The maximum Gasteiger partial charge on any atom is 0.317 e. The van der Waals surface area contributed by atoms with Crippen LogP contribution in [0.5, 0.6) is 11.5 Å². The first-order valence-electron chi connectivity index (χ1n) is 10.8. The summed E-state index contributed by atoms with van der Waals surface area (Å²) in [6.07, 6.45) is 9.11. The van der Waals surface area contributed by atoms with Gasteiger partial charge in [-0.1, -0.05) is 51.5 Å². The van der Waals surface area contributed by atoms with Gasteiger partial charge in [0.1, 0.15) is 23.0 Å². The van der Waals surface area contributed by atoms with Gasteiger partial charge in [0.15, 0.2) is 5.78 Å². The maximum atomic E-state index is 13.5. The van der Waals surface area contributed by atoms with E-state index in [0.29, 0.717) is 32.8 Å². The van der Waals surface area contributed by atoms with Crippen LogP contribution in [0.4, 0.5) is 0 Å². The van der Waals surface area contributed by atoms with Gasteiger partial charge in [-0.3, -0.25) is 9.59 Å². The molecule has 0 amide bonds. The number of Topliss-reactive ketones (excluding diaryl/α,β-unsaturated/α-hetero) is 1. The summed E-state index contributed by atoms with van der Waals surface area (Å²) in [6.45, 7) is 2.52. The molecule has 0 aliphatic heterocycles. The van der Waals surface area contributed by atoms with Crippen LogP contribution in [0.2, 0.25) is 0 Å². The molecule has 30 heavy (non-hydrogen) atoms. The van der Waals surface area contributed by atoms with Gasteiger partial charge in [-0.05, 0) is 37.3 Å². The average molecular weight is 441 g/mol. The zero-order valence-corrected chi connectivity index (χ0v) is 20.0. The van der Waals surface area contributed by atoms with Gasteiger partial charge in [-0.2, -0.15) is 0 Å². The number of ether oxygens (including phenoxy) is 3. The number of hydrogen-bond donors (Lipinski definition) is 0. The van der Waals surface area contributed by atoms with Crippen molar-refractivity contribution in [3.8, 4) is 11.5 Å². The highest BCUT2D eigenvalue weighted by atomic mass is 31.0. The number of rotatable bonds is 11. The molecule has 1 aliphatic carbocycles. The van der Waals surface area contributed by atoms with E-state index in [0.717, 1.165) is 57.8 Å². The minimum Gasteiger partial charge on any atom is -0.496 e. The van der Waals surface area contributed by atoms with Gasteiger partial charge >= 0.3 is 5.97 Å². The Morgan fingerprint density at radius 3 is 2.13 bits per heavy atom. The fourth-order valence-corrected chi connectivity index (χ4v) is 4.02. The third kappa shape index (κ3) is 7.46. The van der Waals surface area contributed by atoms with E-state index in [4.69, 9.17) is 18.8 Å². The highest BCUT2D eigenvalue weighted by molar-refractivity contribution is 7.00. The predicted octanol–water partition coefficient (Wildman–Crippen LogP) is 5.15. The number of carbonyl (C=O) groups is 2. The fraction of sp³-hybridized carbons (Fsp3) is 0.652. The van der Waals surface area contributed by atoms with Crippen molar-refractivity contribution in [2.45, 2.75) is 64.7 Å². The standard InChI is InChI=1S/C23H34O5.H3OP/c1-4-5-6-10-16-28-23(25)20(17-12-8-7-9-13-17)22(24)21-18(26-2)14-11-15-19(21)27-3;1-2/h11,14-15,17,20H,4-10,12-13,16H2,1-3H3;2H3. The molecular weight excluding hydrogens is 403 g/mol. The fourth-order valence-electron chi connectivity index (χ4n) is 4.02. The molecule has 1 aliphatic rings. The summed E-state index contributed by atoms with van der Waals surface area (Å²) in [5, 5.41) is 0. The van der Waals surface area contributed by atoms with Gasteiger partial charge in [-0.15, -0.1) is 0 Å². The van der Waals surface area contributed by atoms with E-state index in [9.17, 15) is 9.59 Å². The van der Waals surface area contributed by atoms with Crippen molar-refractivity contribution in [3.63, 3.8) is 0 Å². The quantitative estimate of drug-likeness (QED) is 0.156. The molecule has 0 spiro atoms. The van der Waals surface area contributed by atoms with Crippen LogP contribution in [0.15, 0.2) is 18.2 Å². The van der Waals surface area contributed by atoms with Crippen LogP contribution in [-0.2, 0) is 14.1 Å². The first kappa shape index (κ1) is 26.2. The number of hydrogen-bond acceptors (Lipinski definition) is 6. The summed E-state index contributed by atoms with van der Waals surface area (Å²) in [6, 6.07) is 5.23. The molecule has 0 saturated heterocycles. The second kappa shape index (κ2) is 15.1. The lowest BCUT2D eigenvalue weighted by Gasteiger charge is -2.28. The molecular formula is C23H37O6P. The lowest BCUT2D eigenvalue weighted by molar-refractivity contribution is -0.149. The van der Waals surface area contributed by atoms with Crippen molar-refractivity contribution in [1.82, 2.24) is 0 Å². The third-order valence-electron chi connectivity index (χ3n) is 5.57. The molecule has 0 N–H and O–H groups in total. The third-order valence-corrected chi connectivity index (χ3v) is 5.57. The Bertz CT molecular complexity index is 635. The summed E-state index contributed by atoms with van der Waals surface area (Å²) >= 11 is 0. The van der Waals surface area contributed by atoms with Crippen LogP contribution >= 0.6 is 9.12 Å². The first-order valence-corrected chi connectivity index (χ1v) is 11.4. The molecule has 2 rings (SSSR count). The Kier molecular flexibility index (Phi) is 13.2. The number of carbonyl (C=O) groups excluding carboxylic acids is 2. The van der Waals surface area contributed by atoms with E-state index in [1.807, 2.05) is 0 Å². The topological polar surface area (TPSA) is 78.9 Å². The SMILES string of the molecule is CCCCCCOC(=O)C(C(=O)c1c(OC)cccc1OC)C1CCCCC1.O=[PH3]. The normalized spacial score (nSPS) is 14.9. The van der Waals surface area contributed by atoms with Gasteiger partial charge in [-0.25, -0.2) is 0 Å². The second-order valence-corrected chi connectivity index (χ2v) is 7.51. The zero-order chi connectivity index (χ0) is 22.4. The van der Waals surface area contributed by atoms with E-state index >= 15 is 0 Å². The van der Waals surface area contributed by atoms with Gasteiger partial charge in [0.25, 0.3) is 0 Å². The maximum absolute atomic E-state index is 13.5. The lowest BCUT2D eigenvalue weighted by Crippen LogP contribution is -2.35. The van der Waals surface area contributed by atoms with Crippen LogP contribution in [0.1, 0.15) is 75.1 Å². The summed E-state index contributed by atoms with van der Waals surface area (Å²) in [4.78, 5) is 26.5. The van der Waals surface area contributed by atoms with Gasteiger partial charge in [0, 0.05) is 0 Å². The molecule has 1 fully saturated rings.